The van der Waals surface area contributed by atoms with Gasteiger partial charge in [-0.25, -0.2) is 4.39 Å². The minimum atomic E-state index is -1.32. The molecule has 1 amide bonds. The molecule has 5 rings (SSSR count). The van der Waals surface area contributed by atoms with E-state index in [9.17, 15) is 9.90 Å². The molecule has 3 atom stereocenters. The molecule has 8 heteroatoms. The Labute approximate surface area is 184 Å². The number of halogens is 2. The van der Waals surface area contributed by atoms with Gasteiger partial charge in [0.25, 0.3) is 0 Å². The number of amides is 1. The molecule has 0 spiro atoms. The first-order valence-electron chi connectivity index (χ1n) is 10.4. The third kappa shape index (κ3) is 3.19. The maximum atomic E-state index is 15.5. The van der Waals surface area contributed by atoms with Gasteiger partial charge in [-0.3, -0.25) is 4.79 Å². The summed E-state index contributed by atoms with van der Waals surface area (Å²) in [5.41, 5.74) is 7.87. The summed E-state index contributed by atoms with van der Waals surface area (Å²) in [6.45, 7) is 5.50. The van der Waals surface area contributed by atoms with E-state index in [1.54, 1.807) is 12.1 Å². The molecule has 2 aliphatic heterocycles. The van der Waals surface area contributed by atoms with Gasteiger partial charge in [0.05, 0.1) is 17.2 Å². The second kappa shape index (κ2) is 7.51. The maximum Gasteiger partial charge on any atom is 0.246 e. The van der Waals surface area contributed by atoms with E-state index in [0.29, 0.717) is 46.8 Å². The Kier molecular flexibility index (Phi) is 4.92. The predicted molar refractivity (Wildman–Crippen MR) is 121 cm³/mol. The third-order valence-corrected chi connectivity index (χ3v) is 6.90. The average Bonchev–Trinajstić information content (AvgIpc) is 3.33. The lowest BCUT2D eigenvalue weighted by molar-refractivity contribution is -0.130. The number of rotatable bonds is 3. The van der Waals surface area contributed by atoms with E-state index in [4.69, 9.17) is 17.3 Å². The minimum Gasteiger partial charge on any atom is -0.374 e. The van der Waals surface area contributed by atoms with Crippen molar-refractivity contribution in [2.75, 3.05) is 24.5 Å². The number of hydrogen-bond donors (Lipinski definition) is 3. The van der Waals surface area contributed by atoms with Gasteiger partial charge in [0.2, 0.25) is 5.91 Å². The number of fused-ring (bicyclic) bond motifs is 4. The van der Waals surface area contributed by atoms with Crippen LogP contribution in [0.3, 0.4) is 0 Å². The van der Waals surface area contributed by atoms with Gasteiger partial charge in [-0.15, -0.1) is 0 Å². The van der Waals surface area contributed by atoms with Crippen molar-refractivity contribution in [2.24, 2.45) is 11.7 Å². The van der Waals surface area contributed by atoms with E-state index >= 15 is 4.39 Å². The maximum absolute atomic E-state index is 15.5. The van der Waals surface area contributed by atoms with Gasteiger partial charge in [0.15, 0.2) is 0 Å². The number of likely N-dealkylation sites (tertiary alicyclic amines) is 1. The van der Waals surface area contributed by atoms with Gasteiger partial charge in [-0.1, -0.05) is 18.2 Å². The molecule has 3 heterocycles. The molecule has 2 aliphatic rings. The summed E-state index contributed by atoms with van der Waals surface area (Å²) in [6.07, 6.45) is 1.94. The fourth-order valence-corrected chi connectivity index (χ4v) is 5.49. The molecule has 0 radical (unpaired) electrons. The first-order valence-corrected chi connectivity index (χ1v) is 10.8. The number of aromatic amines is 1. The second-order valence-electron chi connectivity index (χ2n) is 8.42. The van der Waals surface area contributed by atoms with Crippen LogP contribution in [-0.4, -0.2) is 46.6 Å². The normalized spacial score (nSPS) is 22.2. The Bertz CT molecular complexity index is 1210. The minimum absolute atomic E-state index is 0.0160. The summed E-state index contributed by atoms with van der Waals surface area (Å²) in [4.78, 5) is 19.5. The highest BCUT2D eigenvalue weighted by molar-refractivity contribution is 6.32. The lowest BCUT2D eigenvalue weighted by atomic mass is 9.92. The predicted octanol–water partition coefficient (Wildman–Crippen LogP) is 3.68. The zero-order valence-corrected chi connectivity index (χ0v) is 17.7. The number of anilines is 1. The highest BCUT2D eigenvalue weighted by Gasteiger charge is 2.41. The topological polar surface area (TPSA) is 85.6 Å². The first-order chi connectivity index (χ1) is 14.9. The summed E-state index contributed by atoms with van der Waals surface area (Å²) in [5.74, 6) is -0.267. The van der Waals surface area contributed by atoms with E-state index in [0.717, 1.165) is 23.7 Å². The van der Waals surface area contributed by atoms with Crippen molar-refractivity contribution >= 4 is 45.0 Å². The average molecular weight is 443 g/mol. The summed E-state index contributed by atoms with van der Waals surface area (Å²) in [5, 5.41) is 12.0. The number of aliphatic hydroxyl groups is 1. The van der Waals surface area contributed by atoms with E-state index in [1.165, 1.54) is 12.1 Å². The summed E-state index contributed by atoms with van der Waals surface area (Å²) < 4.78 is 15.5. The molecule has 0 bridgehead atoms. The molecule has 4 N–H and O–H groups in total. The van der Waals surface area contributed by atoms with Gasteiger partial charge < -0.3 is 25.6 Å². The van der Waals surface area contributed by atoms with Crippen LogP contribution >= 0.6 is 11.6 Å². The molecular weight excluding hydrogens is 419 g/mol. The number of aliphatic hydroxyl groups excluding tert-OH is 1. The monoisotopic (exact) mass is 442 g/mol. The molecular formula is C23H24ClFN4O2. The summed E-state index contributed by atoms with van der Waals surface area (Å²) >= 11 is 6.25. The summed E-state index contributed by atoms with van der Waals surface area (Å²) in [7, 11) is 0. The fourth-order valence-electron chi connectivity index (χ4n) is 5.32. The van der Waals surface area contributed by atoms with Gasteiger partial charge >= 0.3 is 0 Å². The van der Waals surface area contributed by atoms with Crippen molar-refractivity contribution in [3.8, 4) is 0 Å². The molecule has 0 aliphatic carbocycles. The molecule has 1 aromatic heterocycles. The molecule has 3 unspecified atom stereocenters. The molecule has 2 aromatic carbocycles. The van der Waals surface area contributed by atoms with Gasteiger partial charge in [-0.05, 0) is 49.1 Å². The Hall–Kier alpha value is -2.61. The van der Waals surface area contributed by atoms with Crippen LogP contribution in [0, 0.1) is 11.7 Å². The fraction of sp³-hybridized carbons (Fsp3) is 0.348. The number of nitrogens with one attached hydrogen (secondary N) is 1. The van der Waals surface area contributed by atoms with Crippen LogP contribution in [0.4, 0.5) is 10.1 Å². The van der Waals surface area contributed by atoms with Crippen LogP contribution in [-0.2, 0) is 4.79 Å². The SMILES string of the molecule is C=CC(=O)N1CCCC2CN(c3c(F)cc(C(N)O)c4[nH]c5ccc(Cl)cc5c34)CC21. The van der Waals surface area contributed by atoms with Gasteiger partial charge in [-0.2, -0.15) is 0 Å². The lowest BCUT2D eigenvalue weighted by Crippen LogP contribution is -2.47. The number of carbonyl (C=O) groups is 1. The van der Waals surface area contributed by atoms with Crippen LogP contribution in [0.25, 0.3) is 21.8 Å². The number of carbonyl (C=O) groups excluding carboxylic acids is 1. The van der Waals surface area contributed by atoms with Crippen molar-refractivity contribution in [2.45, 2.75) is 25.1 Å². The largest absolute Gasteiger partial charge is 0.374 e. The first kappa shape index (κ1) is 20.3. The van der Waals surface area contributed by atoms with Gasteiger partial charge in [0, 0.05) is 46.5 Å². The molecule has 2 fully saturated rings. The molecule has 0 saturated carbocycles. The number of piperidine rings is 1. The molecule has 162 valence electrons. The van der Waals surface area contributed by atoms with E-state index in [2.05, 4.69) is 11.6 Å². The van der Waals surface area contributed by atoms with Crippen molar-refractivity contribution in [1.29, 1.82) is 0 Å². The smallest absolute Gasteiger partial charge is 0.246 e. The zero-order chi connectivity index (χ0) is 21.9. The zero-order valence-electron chi connectivity index (χ0n) is 16.9. The van der Waals surface area contributed by atoms with Crippen molar-refractivity contribution in [3.63, 3.8) is 0 Å². The number of nitrogens with zero attached hydrogens (tertiary/aromatic N) is 2. The Morgan fingerprint density at radius 3 is 2.94 bits per heavy atom. The molecule has 6 nitrogen and oxygen atoms in total. The van der Waals surface area contributed by atoms with Crippen LogP contribution in [0.5, 0.6) is 0 Å². The Morgan fingerprint density at radius 2 is 2.19 bits per heavy atom. The van der Waals surface area contributed by atoms with E-state index < -0.39 is 12.0 Å². The molecule has 2 saturated heterocycles. The van der Waals surface area contributed by atoms with Crippen molar-refractivity contribution in [1.82, 2.24) is 9.88 Å². The number of benzene rings is 2. The van der Waals surface area contributed by atoms with E-state index in [-0.39, 0.29) is 17.9 Å². The quantitative estimate of drug-likeness (QED) is 0.426. The Balaban J connectivity index is 1.68. The highest BCUT2D eigenvalue weighted by atomic mass is 35.5. The van der Waals surface area contributed by atoms with Gasteiger partial charge in [0.1, 0.15) is 12.0 Å². The second-order valence-corrected chi connectivity index (χ2v) is 8.85. The molecule has 3 aromatic rings. The van der Waals surface area contributed by atoms with Crippen LogP contribution in [0.2, 0.25) is 5.02 Å². The number of aromatic nitrogens is 1. The van der Waals surface area contributed by atoms with Crippen molar-refractivity contribution in [3.05, 3.63) is 53.3 Å². The standard InChI is InChI=1S/C23H24ClFN4O2/c1-2-19(30)29-7-3-4-12-10-28(11-18(12)29)22-16(25)9-15(23(26)31)21-20(22)14-8-13(24)5-6-17(14)27-21/h2,5-6,8-9,12,18,23,27,31H,1,3-4,7,10-11,26H2. The van der Waals surface area contributed by atoms with E-state index in [1.807, 2.05) is 15.9 Å². The van der Waals surface area contributed by atoms with Crippen LogP contribution in [0.1, 0.15) is 24.6 Å². The number of nitrogens with two attached hydrogens (primary N) is 1. The molecule has 31 heavy (non-hydrogen) atoms. The third-order valence-electron chi connectivity index (χ3n) is 6.67. The number of H-pyrrole nitrogens is 1. The highest BCUT2D eigenvalue weighted by Crippen LogP contribution is 2.43. The van der Waals surface area contributed by atoms with Crippen molar-refractivity contribution < 1.29 is 14.3 Å². The summed E-state index contributed by atoms with van der Waals surface area (Å²) in [6, 6.07) is 6.70. The van der Waals surface area contributed by atoms with Crippen LogP contribution in [0.15, 0.2) is 36.9 Å². The Morgan fingerprint density at radius 1 is 1.39 bits per heavy atom. The lowest BCUT2D eigenvalue weighted by Gasteiger charge is -2.36. The number of hydrogen-bond acceptors (Lipinski definition) is 4. The van der Waals surface area contributed by atoms with Crippen LogP contribution < -0.4 is 10.6 Å².